The van der Waals surface area contributed by atoms with Crippen LogP contribution in [0.2, 0.25) is 5.02 Å². The standard InChI is InChI=1S/C16H12ClFN2O5/c1-7(21)19-10-5-9(20-14(12(10)17)16(22)23-2)8-3-4-11-15(13(8)18)25-6-24-11/h3-5H,6H2,1-2H3,(H,19,20,21). The number of benzene rings is 1. The van der Waals surface area contributed by atoms with Gasteiger partial charge >= 0.3 is 5.97 Å². The molecule has 1 aliphatic rings. The summed E-state index contributed by atoms with van der Waals surface area (Å²) in [4.78, 5) is 27.3. The number of hydrogen-bond donors (Lipinski definition) is 1. The predicted octanol–water partition coefficient (Wildman–Crippen LogP) is 3.01. The molecule has 25 heavy (non-hydrogen) atoms. The number of hydrogen-bond acceptors (Lipinski definition) is 6. The van der Waals surface area contributed by atoms with Gasteiger partial charge < -0.3 is 19.5 Å². The van der Waals surface area contributed by atoms with Gasteiger partial charge in [0.1, 0.15) is 0 Å². The highest BCUT2D eigenvalue weighted by molar-refractivity contribution is 6.36. The largest absolute Gasteiger partial charge is 0.464 e. The minimum absolute atomic E-state index is 0.0463. The van der Waals surface area contributed by atoms with Crippen molar-refractivity contribution in [2.75, 3.05) is 19.2 Å². The lowest BCUT2D eigenvalue weighted by Gasteiger charge is -2.12. The Morgan fingerprint density at radius 3 is 2.80 bits per heavy atom. The average molecular weight is 367 g/mol. The number of methoxy groups -OCH3 is 1. The van der Waals surface area contributed by atoms with Crippen LogP contribution in [0.3, 0.4) is 0 Å². The molecule has 1 amide bonds. The van der Waals surface area contributed by atoms with Gasteiger partial charge in [0.2, 0.25) is 18.4 Å². The summed E-state index contributed by atoms with van der Waals surface area (Å²) in [5.74, 6) is -1.71. The number of rotatable bonds is 3. The number of aromatic nitrogens is 1. The molecule has 2 aromatic rings. The molecule has 1 aromatic heterocycles. The molecular formula is C16H12ClFN2O5. The molecule has 0 bridgehead atoms. The Morgan fingerprint density at radius 1 is 1.36 bits per heavy atom. The van der Waals surface area contributed by atoms with Gasteiger partial charge in [0.15, 0.2) is 17.3 Å². The first-order chi connectivity index (χ1) is 11.9. The number of ether oxygens (including phenoxy) is 3. The quantitative estimate of drug-likeness (QED) is 0.840. The van der Waals surface area contributed by atoms with Crippen molar-refractivity contribution in [3.63, 3.8) is 0 Å². The van der Waals surface area contributed by atoms with E-state index in [4.69, 9.17) is 21.1 Å². The second-order valence-electron chi connectivity index (χ2n) is 5.05. The number of nitrogens with zero attached hydrogens (tertiary/aromatic N) is 1. The van der Waals surface area contributed by atoms with E-state index in [1.165, 1.54) is 25.1 Å². The molecule has 9 heteroatoms. The van der Waals surface area contributed by atoms with Crippen LogP contribution in [-0.4, -0.2) is 30.8 Å². The number of pyridine rings is 1. The van der Waals surface area contributed by atoms with Crippen LogP contribution < -0.4 is 14.8 Å². The lowest BCUT2D eigenvalue weighted by atomic mass is 10.1. The second-order valence-corrected chi connectivity index (χ2v) is 5.43. The summed E-state index contributed by atoms with van der Waals surface area (Å²) in [6, 6.07) is 4.31. The molecular weight excluding hydrogens is 355 g/mol. The van der Waals surface area contributed by atoms with Crippen molar-refractivity contribution in [3.8, 4) is 22.8 Å². The Balaban J connectivity index is 2.19. The van der Waals surface area contributed by atoms with Crippen molar-refractivity contribution in [1.82, 2.24) is 4.98 Å². The van der Waals surface area contributed by atoms with Gasteiger partial charge in [-0.05, 0) is 18.2 Å². The topological polar surface area (TPSA) is 86.8 Å². The number of anilines is 1. The third-order valence-corrected chi connectivity index (χ3v) is 3.78. The Morgan fingerprint density at radius 2 is 2.12 bits per heavy atom. The Kier molecular flexibility index (Phi) is 4.45. The fraction of sp³-hybridized carbons (Fsp3) is 0.188. The van der Waals surface area contributed by atoms with Gasteiger partial charge in [0.05, 0.1) is 23.5 Å². The van der Waals surface area contributed by atoms with Gasteiger partial charge in [-0.15, -0.1) is 0 Å². The highest BCUT2D eigenvalue weighted by atomic mass is 35.5. The number of nitrogens with one attached hydrogen (secondary N) is 1. The highest BCUT2D eigenvalue weighted by Crippen LogP contribution is 2.40. The zero-order valence-corrected chi connectivity index (χ0v) is 13.9. The number of halogens is 2. The molecule has 0 saturated carbocycles. The summed E-state index contributed by atoms with van der Waals surface area (Å²) in [5.41, 5.74) is -0.0128. The fourth-order valence-corrected chi connectivity index (χ4v) is 2.54. The Labute approximate surface area is 146 Å². The Hall–Kier alpha value is -2.87. The minimum Gasteiger partial charge on any atom is -0.464 e. The van der Waals surface area contributed by atoms with Crippen molar-refractivity contribution in [3.05, 3.63) is 34.7 Å². The third-order valence-electron chi connectivity index (χ3n) is 3.40. The SMILES string of the molecule is COC(=O)c1nc(-c2ccc3c(c2F)OCO3)cc(NC(C)=O)c1Cl. The van der Waals surface area contributed by atoms with Crippen LogP contribution in [0.25, 0.3) is 11.3 Å². The van der Waals surface area contributed by atoms with E-state index in [1.54, 1.807) is 0 Å². The summed E-state index contributed by atoms with van der Waals surface area (Å²) in [7, 11) is 1.16. The van der Waals surface area contributed by atoms with Crippen LogP contribution in [0.5, 0.6) is 11.5 Å². The second kappa shape index (κ2) is 6.56. The number of fused-ring (bicyclic) bond motifs is 1. The van der Waals surface area contributed by atoms with Crippen LogP contribution in [0.15, 0.2) is 18.2 Å². The summed E-state index contributed by atoms with van der Waals surface area (Å²) in [6.45, 7) is 1.18. The number of carbonyl (C=O) groups is 2. The zero-order valence-electron chi connectivity index (χ0n) is 13.2. The molecule has 0 unspecified atom stereocenters. The summed E-state index contributed by atoms with van der Waals surface area (Å²) >= 11 is 6.10. The van der Waals surface area contributed by atoms with E-state index in [0.29, 0.717) is 0 Å². The Bertz CT molecular complexity index is 887. The van der Waals surface area contributed by atoms with Crippen LogP contribution in [-0.2, 0) is 9.53 Å². The average Bonchev–Trinajstić information content (AvgIpc) is 3.05. The van der Waals surface area contributed by atoms with Gasteiger partial charge in [0.25, 0.3) is 0 Å². The molecule has 0 fully saturated rings. The molecule has 0 aliphatic carbocycles. The number of amides is 1. The predicted molar refractivity (Wildman–Crippen MR) is 86.4 cm³/mol. The van der Waals surface area contributed by atoms with Gasteiger partial charge in [-0.25, -0.2) is 14.2 Å². The van der Waals surface area contributed by atoms with Crippen molar-refractivity contribution >= 4 is 29.2 Å². The third kappa shape index (κ3) is 3.08. The molecule has 0 radical (unpaired) electrons. The maximum absolute atomic E-state index is 14.7. The van der Waals surface area contributed by atoms with Crippen LogP contribution >= 0.6 is 11.6 Å². The van der Waals surface area contributed by atoms with E-state index in [1.807, 2.05) is 0 Å². The minimum atomic E-state index is -0.820. The van der Waals surface area contributed by atoms with E-state index in [0.717, 1.165) is 7.11 Å². The van der Waals surface area contributed by atoms with E-state index < -0.39 is 17.7 Å². The van der Waals surface area contributed by atoms with Gasteiger partial charge in [-0.1, -0.05) is 11.6 Å². The van der Waals surface area contributed by atoms with Crippen LogP contribution in [0.1, 0.15) is 17.4 Å². The van der Waals surface area contributed by atoms with Crippen LogP contribution in [0.4, 0.5) is 10.1 Å². The first-order valence-corrected chi connectivity index (χ1v) is 7.45. The van der Waals surface area contributed by atoms with E-state index >= 15 is 0 Å². The molecule has 1 aliphatic heterocycles. The normalized spacial score (nSPS) is 12.0. The molecule has 130 valence electrons. The van der Waals surface area contributed by atoms with E-state index in [-0.39, 0.29) is 46.0 Å². The first-order valence-electron chi connectivity index (χ1n) is 7.07. The summed E-state index contributed by atoms with van der Waals surface area (Å²) < 4.78 is 29.5. The summed E-state index contributed by atoms with van der Waals surface area (Å²) in [5, 5.41) is 2.37. The molecule has 0 atom stereocenters. The van der Waals surface area contributed by atoms with Gasteiger partial charge in [-0.3, -0.25) is 4.79 Å². The number of carbonyl (C=O) groups excluding carboxylic acids is 2. The molecule has 1 N–H and O–H groups in total. The fourth-order valence-electron chi connectivity index (χ4n) is 2.32. The van der Waals surface area contributed by atoms with Crippen molar-refractivity contribution in [2.24, 2.45) is 0 Å². The van der Waals surface area contributed by atoms with Crippen molar-refractivity contribution in [2.45, 2.75) is 6.92 Å². The molecule has 0 spiro atoms. The summed E-state index contributed by atoms with van der Waals surface area (Å²) in [6.07, 6.45) is 0. The molecule has 1 aromatic carbocycles. The smallest absolute Gasteiger partial charge is 0.358 e. The zero-order chi connectivity index (χ0) is 18.1. The van der Waals surface area contributed by atoms with Gasteiger partial charge in [-0.2, -0.15) is 0 Å². The highest BCUT2D eigenvalue weighted by Gasteiger charge is 2.25. The van der Waals surface area contributed by atoms with Crippen LogP contribution in [0, 0.1) is 5.82 Å². The first kappa shape index (κ1) is 17.0. The van der Waals surface area contributed by atoms with Gasteiger partial charge in [0, 0.05) is 12.5 Å². The van der Waals surface area contributed by atoms with Crippen molar-refractivity contribution in [1.29, 1.82) is 0 Å². The maximum atomic E-state index is 14.7. The maximum Gasteiger partial charge on any atom is 0.358 e. The molecule has 0 saturated heterocycles. The lowest BCUT2D eigenvalue weighted by Crippen LogP contribution is -2.12. The number of esters is 1. The lowest BCUT2D eigenvalue weighted by molar-refractivity contribution is -0.114. The monoisotopic (exact) mass is 366 g/mol. The van der Waals surface area contributed by atoms with E-state index in [2.05, 4.69) is 15.0 Å². The van der Waals surface area contributed by atoms with E-state index in [9.17, 15) is 14.0 Å². The molecule has 7 nitrogen and oxygen atoms in total. The molecule has 2 heterocycles. The molecule has 3 rings (SSSR count). The van der Waals surface area contributed by atoms with Crippen molar-refractivity contribution < 1.29 is 28.2 Å².